The van der Waals surface area contributed by atoms with Gasteiger partial charge >= 0.3 is 0 Å². The van der Waals surface area contributed by atoms with Crippen LogP contribution in [0.3, 0.4) is 0 Å². The maximum atomic E-state index is 11.7. The molecular formula is C13H26N2O2. The van der Waals surface area contributed by atoms with Crippen molar-refractivity contribution in [3.05, 3.63) is 0 Å². The maximum absolute atomic E-state index is 11.7. The number of nitrogens with zero attached hydrogens (tertiary/aromatic N) is 1. The Morgan fingerprint density at radius 2 is 2.18 bits per heavy atom. The number of aliphatic hydroxyl groups is 1. The molecule has 0 aliphatic carbocycles. The predicted octanol–water partition coefficient (Wildman–Crippen LogP) is 0.995. The van der Waals surface area contributed by atoms with Crippen LogP contribution in [-0.2, 0) is 4.79 Å². The fourth-order valence-corrected chi connectivity index (χ4v) is 2.22. The smallest absolute Gasteiger partial charge is 0.234 e. The van der Waals surface area contributed by atoms with E-state index in [1.807, 2.05) is 0 Å². The van der Waals surface area contributed by atoms with Gasteiger partial charge in [0.2, 0.25) is 5.91 Å². The van der Waals surface area contributed by atoms with Crippen LogP contribution in [0.2, 0.25) is 0 Å². The second kappa shape index (κ2) is 7.67. The number of carbonyl (C=O) groups excluding carboxylic acids is 1. The number of hydrogen-bond donors (Lipinski definition) is 2. The second-order valence-electron chi connectivity index (χ2n) is 5.21. The molecule has 0 spiro atoms. The summed E-state index contributed by atoms with van der Waals surface area (Å²) in [6.45, 7) is 6.69. The van der Waals surface area contributed by atoms with Gasteiger partial charge in [-0.1, -0.05) is 26.2 Å². The van der Waals surface area contributed by atoms with E-state index in [0.717, 1.165) is 19.5 Å². The Balaban J connectivity index is 2.04. The van der Waals surface area contributed by atoms with Gasteiger partial charge in [0.1, 0.15) is 0 Å². The molecule has 1 saturated heterocycles. The lowest BCUT2D eigenvalue weighted by Crippen LogP contribution is -2.52. The number of unbranched alkanes of at least 4 members (excludes halogenated alkanes) is 2. The zero-order valence-corrected chi connectivity index (χ0v) is 11.1. The van der Waals surface area contributed by atoms with Crippen LogP contribution < -0.4 is 5.32 Å². The molecule has 4 heteroatoms. The Bertz CT molecular complexity index is 227. The summed E-state index contributed by atoms with van der Waals surface area (Å²) in [5.41, 5.74) is 0. The largest absolute Gasteiger partial charge is 0.396 e. The minimum absolute atomic E-state index is 0.116. The lowest BCUT2D eigenvalue weighted by molar-refractivity contribution is -0.124. The predicted molar refractivity (Wildman–Crippen MR) is 68.8 cm³/mol. The third-order valence-electron chi connectivity index (χ3n) is 3.31. The highest BCUT2D eigenvalue weighted by molar-refractivity contribution is 5.78. The maximum Gasteiger partial charge on any atom is 0.234 e. The van der Waals surface area contributed by atoms with Crippen LogP contribution in [0, 0.1) is 5.92 Å². The van der Waals surface area contributed by atoms with Gasteiger partial charge in [-0.2, -0.15) is 0 Å². The number of hydrogen-bond acceptors (Lipinski definition) is 3. The van der Waals surface area contributed by atoms with Gasteiger partial charge in [-0.05, 0) is 13.3 Å². The molecule has 100 valence electrons. The molecule has 4 nitrogen and oxygen atoms in total. The van der Waals surface area contributed by atoms with Crippen LogP contribution in [-0.4, -0.2) is 48.2 Å². The van der Waals surface area contributed by atoms with E-state index in [1.54, 1.807) is 0 Å². The van der Waals surface area contributed by atoms with Gasteiger partial charge < -0.3 is 10.4 Å². The molecule has 1 amide bonds. The summed E-state index contributed by atoms with van der Waals surface area (Å²) in [6, 6.07) is 0.281. The van der Waals surface area contributed by atoms with Crippen molar-refractivity contribution in [2.24, 2.45) is 5.92 Å². The number of nitrogens with one attached hydrogen (secondary N) is 1. The second-order valence-corrected chi connectivity index (χ2v) is 5.21. The summed E-state index contributed by atoms with van der Waals surface area (Å²) in [6.07, 6.45) is 4.72. The minimum Gasteiger partial charge on any atom is -0.396 e. The van der Waals surface area contributed by atoms with Crippen molar-refractivity contribution >= 4 is 5.91 Å². The molecule has 0 bridgehead atoms. The van der Waals surface area contributed by atoms with Crippen molar-refractivity contribution in [3.8, 4) is 0 Å². The summed E-state index contributed by atoms with van der Waals surface area (Å²) in [7, 11) is 0. The lowest BCUT2D eigenvalue weighted by atomic mass is 10.0. The van der Waals surface area contributed by atoms with E-state index < -0.39 is 0 Å². The van der Waals surface area contributed by atoms with Crippen LogP contribution in [0.15, 0.2) is 0 Å². The highest BCUT2D eigenvalue weighted by Gasteiger charge is 2.27. The SMILES string of the molecule is CCCCCC(C)NC(=O)CN1CC(CO)C1. The van der Waals surface area contributed by atoms with E-state index in [1.165, 1.54) is 19.3 Å². The molecule has 1 aliphatic heterocycles. The van der Waals surface area contributed by atoms with Gasteiger partial charge in [0.05, 0.1) is 6.54 Å². The number of carbonyl (C=O) groups is 1. The van der Waals surface area contributed by atoms with Crippen molar-refractivity contribution in [2.45, 2.75) is 45.6 Å². The van der Waals surface area contributed by atoms with E-state index in [-0.39, 0.29) is 18.6 Å². The van der Waals surface area contributed by atoms with Crippen LogP contribution >= 0.6 is 0 Å². The topological polar surface area (TPSA) is 52.6 Å². The molecular weight excluding hydrogens is 216 g/mol. The van der Waals surface area contributed by atoms with Crippen molar-refractivity contribution < 1.29 is 9.90 Å². The average molecular weight is 242 g/mol. The minimum atomic E-state index is 0.116. The van der Waals surface area contributed by atoms with Gasteiger partial charge in [-0.3, -0.25) is 9.69 Å². The Kier molecular flexibility index (Phi) is 6.52. The van der Waals surface area contributed by atoms with E-state index in [2.05, 4.69) is 24.1 Å². The molecule has 1 aliphatic rings. The normalized spacial score (nSPS) is 18.8. The average Bonchev–Trinajstić information content (AvgIpc) is 2.23. The third kappa shape index (κ3) is 5.50. The zero-order chi connectivity index (χ0) is 12.7. The molecule has 1 rings (SSSR count). The molecule has 1 unspecified atom stereocenters. The fourth-order valence-electron chi connectivity index (χ4n) is 2.22. The van der Waals surface area contributed by atoms with Crippen molar-refractivity contribution in [1.29, 1.82) is 0 Å². The number of amides is 1. The molecule has 0 aromatic rings. The van der Waals surface area contributed by atoms with Gasteiger partial charge in [0, 0.05) is 31.7 Å². The Morgan fingerprint density at radius 1 is 1.47 bits per heavy atom. The molecule has 0 radical (unpaired) electrons. The summed E-state index contributed by atoms with van der Waals surface area (Å²) < 4.78 is 0. The van der Waals surface area contributed by atoms with E-state index in [4.69, 9.17) is 5.11 Å². The molecule has 1 atom stereocenters. The van der Waals surface area contributed by atoms with Gasteiger partial charge in [0.25, 0.3) is 0 Å². The number of aliphatic hydroxyl groups excluding tert-OH is 1. The standard InChI is InChI=1S/C13H26N2O2/c1-3-4-5-6-11(2)14-13(17)9-15-7-12(8-15)10-16/h11-12,16H,3-10H2,1-2H3,(H,14,17). The molecule has 0 aromatic carbocycles. The fraction of sp³-hybridized carbons (Fsp3) is 0.923. The third-order valence-corrected chi connectivity index (χ3v) is 3.31. The quantitative estimate of drug-likeness (QED) is 0.624. The zero-order valence-electron chi connectivity index (χ0n) is 11.1. The van der Waals surface area contributed by atoms with E-state index in [0.29, 0.717) is 12.5 Å². The Hall–Kier alpha value is -0.610. The van der Waals surface area contributed by atoms with Gasteiger partial charge in [0.15, 0.2) is 0 Å². The van der Waals surface area contributed by atoms with Crippen LogP contribution in [0.4, 0.5) is 0 Å². The Morgan fingerprint density at radius 3 is 2.76 bits per heavy atom. The first-order chi connectivity index (χ1) is 8.15. The first kappa shape index (κ1) is 14.5. The molecule has 0 aromatic heterocycles. The first-order valence-electron chi connectivity index (χ1n) is 6.78. The summed E-state index contributed by atoms with van der Waals surface area (Å²) in [5.74, 6) is 0.496. The van der Waals surface area contributed by atoms with Crippen LogP contribution in [0.1, 0.15) is 39.5 Å². The highest BCUT2D eigenvalue weighted by atomic mass is 16.3. The van der Waals surface area contributed by atoms with Crippen LogP contribution in [0.25, 0.3) is 0 Å². The van der Waals surface area contributed by atoms with E-state index in [9.17, 15) is 4.79 Å². The summed E-state index contributed by atoms with van der Waals surface area (Å²) in [5, 5.41) is 11.9. The molecule has 2 N–H and O–H groups in total. The Labute approximate surface area is 104 Å². The summed E-state index contributed by atoms with van der Waals surface area (Å²) >= 11 is 0. The monoisotopic (exact) mass is 242 g/mol. The first-order valence-corrected chi connectivity index (χ1v) is 6.78. The summed E-state index contributed by atoms with van der Waals surface area (Å²) in [4.78, 5) is 13.7. The van der Waals surface area contributed by atoms with Crippen molar-refractivity contribution in [1.82, 2.24) is 10.2 Å². The molecule has 1 heterocycles. The number of rotatable bonds is 8. The lowest BCUT2D eigenvalue weighted by Gasteiger charge is -2.37. The highest BCUT2D eigenvalue weighted by Crippen LogP contribution is 2.13. The molecule has 17 heavy (non-hydrogen) atoms. The van der Waals surface area contributed by atoms with Crippen molar-refractivity contribution in [2.75, 3.05) is 26.2 Å². The van der Waals surface area contributed by atoms with Gasteiger partial charge in [-0.25, -0.2) is 0 Å². The van der Waals surface area contributed by atoms with Crippen LogP contribution in [0.5, 0.6) is 0 Å². The molecule has 0 saturated carbocycles. The van der Waals surface area contributed by atoms with E-state index >= 15 is 0 Å². The van der Waals surface area contributed by atoms with Gasteiger partial charge in [-0.15, -0.1) is 0 Å². The number of likely N-dealkylation sites (tertiary alicyclic amines) is 1. The van der Waals surface area contributed by atoms with Crippen molar-refractivity contribution in [3.63, 3.8) is 0 Å². The molecule has 1 fully saturated rings.